The third-order valence-electron chi connectivity index (χ3n) is 3.92. The zero-order valence-electron chi connectivity index (χ0n) is 14.8. The summed E-state index contributed by atoms with van der Waals surface area (Å²) in [6, 6.07) is 13.5. The largest absolute Gasteiger partial charge is 0.494 e. The molecule has 2 rings (SSSR count). The van der Waals surface area contributed by atoms with Crippen molar-refractivity contribution in [2.45, 2.75) is 33.7 Å². The average Bonchev–Trinajstić information content (AvgIpc) is 2.57. The van der Waals surface area contributed by atoms with Crippen LogP contribution in [0.3, 0.4) is 0 Å². The van der Waals surface area contributed by atoms with Gasteiger partial charge in [0.1, 0.15) is 11.5 Å². The van der Waals surface area contributed by atoms with Gasteiger partial charge >= 0.3 is 0 Å². The minimum Gasteiger partial charge on any atom is -0.494 e. The van der Waals surface area contributed by atoms with E-state index in [1.54, 1.807) is 0 Å². The van der Waals surface area contributed by atoms with Gasteiger partial charge in [0.25, 0.3) is 5.91 Å². The zero-order chi connectivity index (χ0) is 17.5. The number of benzene rings is 2. The SMILES string of the molecule is CCOc1ccc(C(C)NC(=O)COc2ccc(C)c(C)c2)cc1. The molecule has 4 heteroatoms. The minimum atomic E-state index is -0.144. The van der Waals surface area contributed by atoms with E-state index in [9.17, 15) is 4.79 Å². The molecule has 128 valence electrons. The second-order valence-corrected chi connectivity index (χ2v) is 5.83. The lowest BCUT2D eigenvalue weighted by Crippen LogP contribution is -2.31. The summed E-state index contributed by atoms with van der Waals surface area (Å²) in [5.41, 5.74) is 3.38. The van der Waals surface area contributed by atoms with Crippen LogP contribution in [0.25, 0.3) is 0 Å². The number of hydrogen-bond donors (Lipinski definition) is 1. The zero-order valence-corrected chi connectivity index (χ0v) is 14.8. The molecule has 0 heterocycles. The van der Waals surface area contributed by atoms with E-state index in [-0.39, 0.29) is 18.6 Å². The number of rotatable bonds is 7. The van der Waals surface area contributed by atoms with Gasteiger partial charge < -0.3 is 14.8 Å². The number of aryl methyl sites for hydroxylation is 2. The molecule has 2 aromatic rings. The lowest BCUT2D eigenvalue weighted by atomic mass is 10.1. The molecular formula is C20H25NO3. The highest BCUT2D eigenvalue weighted by Gasteiger charge is 2.10. The molecule has 1 unspecified atom stereocenters. The Morgan fingerprint density at radius 2 is 1.67 bits per heavy atom. The summed E-state index contributed by atoms with van der Waals surface area (Å²) < 4.78 is 11.0. The van der Waals surface area contributed by atoms with E-state index in [0.717, 1.165) is 16.9 Å². The fraction of sp³-hybridized carbons (Fsp3) is 0.350. The molecule has 0 aromatic heterocycles. The minimum absolute atomic E-state index is 0.00384. The van der Waals surface area contributed by atoms with E-state index in [1.807, 2.05) is 70.2 Å². The Morgan fingerprint density at radius 1 is 1.00 bits per heavy atom. The van der Waals surface area contributed by atoms with Crippen LogP contribution < -0.4 is 14.8 Å². The number of ether oxygens (including phenoxy) is 2. The van der Waals surface area contributed by atoms with Crippen LogP contribution in [0, 0.1) is 13.8 Å². The molecule has 4 nitrogen and oxygen atoms in total. The lowest BCUT2D eigenvalue weighted by Gasteiger charge is -2.15. The van der Waals surface area contributed by atoms with Gasteiger partial charge in [0.05, 0.1) is 12.6 Å². The van der Waals surface area contributed by atoms with Crippen molar-refractivity contribution in [2.24, 2.45) is 0 Å². The number of nitrogens with one attached hydrogen (secondary N) is 1. The van der Waals surface area contributed by atoms with E-state index in [4.69, 9.17) is 9.47 Å². The molecule has 24 heavy (non-hydrogen) atoms. The third-order valence-corrected chi connectivity index (χ3v) is 3.92. The van der Waals surface area contributed by atoms with Crippen molar-refractivity contribution in [3.05, 3.63) is 59.2 Å². The molecule has 1 amide bonds. The molecule has 0 fully saturated rings. The number of carbonyl (C=O) groups is 1. The maximum absolute atomic E-state index is 12.1. The van der Waals surface area contributed by atoms with Crippen molar-refractivity contribution in [2.75, 3.05) is 13.2 Å². The molecule has 1 N–H and O–H groups in total. The highest BCUT2D eigenvalue weighted by molar-refractivity contribution is 5.78. The molecule has 0 aliphatic rings. The van der Waals surface area contributed by atoms with E-state index in [1.165, 1.54) is 5.56 Å². The summed E-state index contributed by atoms with van der Waals surface area (Å²) in [5, 5.41) is 2.94. The molecule has 1 atom stereocenters. The number of carbonyl (C=O) groups excluding carboxylic acids is 1. The second kappa shape index (κ2) is 8.39. The summed E-state index contributed by atoms with van der Waals surface area (Å²) in [4.78, 5) is 12.1. The Morgan fingerprint density at radius 3 is 2.29 bits per heavy atom. The Labute approximate surface area is 143 Å². The van der Waals surface area contributed by atoms with Gasteiger partial charge in [0, 0.05) is 0 Å². The van der Waals surface area contributed by atoms with Gasteiger partial charge in [-0.1, -0.05) is 18.2 Å². The van der Waals surface area contributed by atoms with Gasteiger partial charge in [-0.2, -0.15) is 0 Å². The van der Waals surface area contributed by atoms with Gasteiger partial charge in [0.2, 0.25) is 0 Å². The summed E-state index contributed by atoms with van der Waals surface area (Å²) in [6.07, 6.45) is 0. The fourth-order valence-electron chi connectivity index (χ4n) is 2.34. The Hall–Kier alpha value is -2.49. The van der Waals surface area contributed by atoms with Crippen molar-refractivity contribution in [3.8, 4) is 11.5 Å². The molecule has 2 aromatic carbocycles. The molecule has 0 aliphatic heterocycles. The van der Waals surface area contributed by atoms with Crippen molar-refractivity contribution >= 4 is 5.91 Å². The second-order valence-electron chi connectivity index (χ2n) is 5.83. The van der Waals surface area contributed by atoms with E-state index < -0.39 is 0 Å². The molecule has 0 bridgehead atoms. The first-order valence-corrected chi connectivity index (χ1v) is 8.21. The normalized spacial score (nSPS) is 11.7. The van der Waals surface area contributed by atoms with Gasteiger partial charge in [-0.25, -0.2) is 0 Å². The van der Waals surface area contributed by atoms with Crippen LogP contribution in [0.5, 0.6) is 11.5 Å². The van der Waals surface area contributed by atoms with E-state index in [2.05, 4.69) is 5.32 Å². The van der Waals surface area contributed by atoms with Crippen molar-refractivity contribution < 1.29 is 14.3 Å². The van der Waals surface area contributed by atoms with Crippen LogP contribution in [0.2, 0.25) is 0 Å². The predicted octanol–water partition coefficient (Wildman–Crippen LogP) is 3.96. The maximum atomic E-state index is 12.1. The Kier molecular flexibility index (Phi) is 6.24. The highest BCUT2D eigenvalue weighted by atomic mass is 16.5. The smallest absolute Gasteiger partial charge is 0.258 e. The quantitative estimate of drug-likeness (QED) is 0.837. The predicted molar refractivity (Wildman–Crippen MR) is 95.6 cm³/mol. The van der Waals surface area contributed by atoms with Crippen molar-refractivity contribution in [3.63, 3.8) is 0 Å². The molecule has 0 aliphatic carbocycles. The van der Waals surface area contributed by atoms with Crippen LogP contribution in [0.1, 0.15) is 36.6 Å². The topological polar surface area (TPSA) is 47.6 Å². The van der Waals surface area contributed by atoms with Gasteiger partial charge in [-0.05, 0) is 68.7 Å². The summed E-state index contributed by atoms with van der Waals surface area (Å²) in [7, 11) is 0. The number of hydrogen-bond acceptors (Lipinski definition) is 3. The standard InChI is InChI=1S/C20H25NO3/c1-5-23-18-10-7-17(8-11-18)16(4)21-20(22)13-24-19-9-6-14(2)15(3)12-19/h6-12,16H,5,13H2,1-4H3,(H,21,22). The van der Waals surface area contributed by atoms with E-state index >= 15 is 0 Å². The first-order valence-electron chi connectivity index (χ1n) is 8.21. The maximum Gasteiger partial charge on any atom is 0.258 e. The van der Waals surface area contributed by atoms with Crippen LogP contribution in [-0.2, 0) is 4.79 Å². The monoisotopic (exact) mass is 327 g/mol. The first kappa shape index (κ1) is 17.9. The fourth-order valence-corrected chi connectivity index (χ4v) is 2.34. The van der Waals surface area contributed by atoms with Crippen LogP contribution in [0.4, 0.5) is 0 Å². The summed E-state index contributed by atoms with van der Waals surface area (Å²) >= 11 is 0. The van der Waals surface area contributed by atoms with Crippen LogP contribution in [-0.4, -0.2) is 19.1 Å². The van der Waals surface area contributed by atoms with E-state index in [0.29, 0.717) is 12.4 Å². The molecule has 0 saturated carbocycles. The first-order chi connectivity index (χ1) is 11.5. The third kappa shape index (κ3) is 5.01. The van der Waals surface area contributed by atoms with Crippen molar-refractivity contribution in [1.82, 2.24) is 5.32 Å². The summed E-state index contributed by atoms with van der Waals surface area (Å²) in [5.74, 6) is 1.40. The Bertz CT molecular complexity index is 680. The van der Waals surface area contributed by atoms with Gasteiger partial charge in [-0.15, -0.1) is 0 Å². The molecule has 0 saturated heterocycles. The van der Waals surface area contributed by atoms with Gasteiger partial charge in [0.15, 0.2) is 6.61 Å². The van der Waals surface area contributed by atoms with Crippen LogP contribution >= 0.6 is 0 Å². The highest BCUT2D eigenvalue weighted by Crippen LogP contribution is 2.18. The average molecular weight is 327 g/mol. The Balaban J connectivity index is 1.85. The number of amides is 1. The molecule has 0 radical (unpaired) electrons. The molecular weight excluding hydrogens is 302 g/mol. The van der Waals surface area contributed by atoms with Crippen molar-refractivity contribution in [1.29, 1.82) is 0 Å². The molecule has 0 spiro atoms. The summed E-state index contributed by atoms with van der Waals surface area (Å²) in [6.45, 7) is 8.61. The van der Waals surface area contributed by atoms with Crippen LogP contribution in [0.15, 0.2) is 42.5 Å². The van der Waals surface area contributed by atoms with Gasteiger partial charge in [-0.3, -0.25) is 4.79 Å². The lowest BCUT2D eigenvalue weighted by molar-refractivity contribution is -0.123.